The molecule has 0 radical (unpaired) electrons. The van der Waals surface area contributed by atoms with Gasteiger partial charge in [0.2, 0.25) is 17.7 Å². The van der Waals surface area contributed by atoms with Crippen molar-refractivity contribution in [2.24, 2.45) is 5.73 Å². The second kappa shape index (κ2) is 26.6. The Bertz CT molecular complexity index is 4040. The molecule has 0 aliphatic carbocycles. The summed E-state index contributed by atoms with van der Waals surface area (Å²) in [6.45, 7) is 6.80. The molecular weight excluding hydrogens is 1200 g/mol. The van der Waals surface area contributed by atoms with Crippen LogP contribution in [0.5, 0.6) is 0 Å². The number of alkyl halides is 9. The van der Waals surface area contributed by atoms with Crippen molar-refractivity contribution >= 4 is 68.3 Å². The number of pyridine rings is 6. The summed E-state index contributed by atoms with van der Waals surface area (Å²) >= 11 is 0. The zero-order valence-corrected chi connectivity index (χ0v) is 48.4. The van der Waals surface area contributed by atoms with E-state index in [1.54, 1.807) is 55.4 Å². The van der Waals surface area contributed by atoms with Gasteiger partial charge in [0, 0.05) is 145 Å². The van der Waals surface area contributed by atoms with Crippen LogP contribution in [0.15, 0.2) is 91.4 Å². The smallest absolute Gasteiger partial charge is 0.368 e. The highest BCUT2D eigenvalue weighted by Gasteiger charge is 2.40. The average molecular weight is 1270 g/mol. The molecular formula is C57H68F9N21O3. The van der Waals surface area contributed by atoms with Crippen molar-refractivity contribution < 1.29 is 59.6 Å². The van der Waals surface area contributed by atoms with Crippen molar-refractivity contribution in [3.63, 3.8) is 0 Å². The number of nitrogens with zero attached hydrogens (tertiary/aromatic N) is 13. The average Bonchev–Trinajstić information content (AvgIpc) is 1.29. The topological polar surface area (TPSA) is 302 Å². The Kier molecular flexibility index (Phi) is 18.7. The molecule has 3 saturated heterocycles. The van der Waals surface area contributed by atoms with Gasteiger partial charge in [-0.15, -0.1) is 0 Å². The molecule has 0 spiro atoms. The van der Waals surface area contributed by atoms with Crippen molar-refractivity contribution in [3.8, 4) is 34.2 Å². The first-order valence-corrected chi connectivity index (χ1v) is 28.3. The Morgan fingerprint density at radius 1 is 0.556 bits per heavy atom. The Balaban J connectivity index is 0.000000219. The fourth-order valence-electron chi connectivity index (χ4n) is 10.6. The van der Waals surface area contributed by atoms with Gasteiger partial charge in [-0.1, -0.05) is 0 Å². The minimum Gasteiger partial charge on any atom is -0.368 e. The summed E-state index contributed by atoms with van der Waals surface area (Å²) in [5.74, 6) is 0.538. The lowest BCUT2D eigenvalue weighted by atomic mass is 10.1. The summed E-state index contributed by atoms with van der Waals surface area (Å²) in [6, 6.07) is 16.1. The third-order valence-corrected chi connectivity index (χ3v) is 15.0. The Labute approximate surface area is 512 Å². The number of primary amides is 1. The quantitative estimate of drug-likeness (QED) is 0.0575. The number of rotatable bonds is 12. The normalized spacial score (nSPS) is 17.4. The number of hydrogen-bond donors (Lipinski definition) is 8. The minimum absolute atomic E-state index is 0. The van der Waals surface area contributed by atoms with E-state index in [0.29, 0.717) is 116 Å². The third kappa shape index (κ3) is 14.4. The molecule has 9 aromatic rings. The number of fused-ring (bicyclic) bond motifs is 3. The number of carbonyl (C=O) groups excluding carboxylic acids is 3. The van der Waals surface area contributed by atoms with Crippen LogP contribution in [-0.4, -0.2) is 181 Å². The van der Waals surface area contributed by atoms with E-state index in [0.717, 1.165) is 18.2 Å². The molecule has 0 bridgehead atoms. The Hall–Kier alpha value is -9.63. The van der Waals surface area contributed by atoms with Crippen LogP contribution in [0.4, 0.5) is 57.0 Å². The number of amides is 3. The molecule has 12 heterocycles. The molecule has 0 aromatic carbocycles. The molecule has 9 aromatic heterocycles. The zero-order valence-electron chi connectivity index (χ0n) is 48.4. The van der Waals surface area contributed by atoms with Crippen LogP contribution >= 0.6 is 0 Å². The van der Waals surface area contributed by atoms with Crippen LogP contribution in [0.2, 0.25) is 0 Å². The number of hydrogen-bond acceptors (Lipinski definition) is 18. The molecule has 482 valence electrons. The molecule has 24 nitrogen and oxygen atoms in total. The lowest BCUT2D eigenvalue weighted by molar-refractivity contribution is -0.138. The zero-order chi connectivity index (χ0) is 64.1. The van der Waals surface area contributed by atoms with Crippen LogP contribution < -0.4 is 41.7 Å². The highest BCUT2D eigenvalue weighted by atomic mass is 19.4. The highest BCUT2D eigenvalue weighted by Crippen LogP contribution is 2.42. The number of nitrogens with one attached hydrogen (secondary N) is 7. The van der Waals surface area contributed by atoms with E-state index in [2.05, 4.69) is 81.8 Å². The molecule has 3 atom stereocenters. The number of H-pyrrole nitrogens is 3. The third-order valence-electron chi connectivity index (χ3n) is 15.0. The first-order valence-electron chi connectivity index (χ1n) is 28.3. The highest BCUT2D eigenvalue weighted by molar-refractivity contribution is 5.93. The van der Waals surface area contributed by atoms with Crippen molar-refractivity contribution in [2.75, 3.05) is 94.2 Å². The number of nitrogens with two attached hydrogens (primary N) is 1. The van der Waals surface area contributed by atoms with Crippen molar-refractivity contribution in [3.05, 3.63) is 108 Å². The monoisotopic (exact) mass is 1270 g/mol. The van der Waals surface area contributed by atoms with E-state index in [-0.39, 0.29) is 76.7 Å². The Morgan fingerprint density at radius 3 is 1.28 bits per heavy atom. The molecule has 3 unspecified atom stereocenters. The standard InChI is InChI=1S/2C20H22F3N7O.C17H16F3N7O.4H2/c1-29(2)16(31)10-12-11-30(9-8-24-12)15-6-5-14(20(21,22)23)18(26-15)17-13-4-3-7-25-19(13)28-27-17;1-2-24-16(31)10-12-11-30(9-8-25-12)15-6-5-14(20(21,22)23)18(27-15)17-13-4-3-7-26-19(13)29-28-17;18-17(19,20)10-3-4-12(27-7-6-22-11(8-27)15(21)28)24-14(10)13-9-2-1-5-23-16(9)26-25-13;;;;/h3-7,12,24H,8-11H2,1-2H3,(H,25,27,28);3-7,12,25H,2,8-11H2,1H3,(H,24,31)(H,26,28,29);1-5,11,22H,6-8H2,(H2,21,28)(H,23,25,26);4*1H. The van der Waals surface area contributed by atoms with Crippen LogP contribution in [0.3, 0.4) is 0 Å². The predicted octanol–water partition coefficient (Wildman–Crippen LogP) is 6.92. The number of aromatic amines is 3. The van der Waals surface area contributed by atoms with E-state index in [9.17, 15) is 53.9 Å². The van der Waals surface area contributed by atoms with E-state index >= 15 is 0 Å². The first kappa shape index (κ1) is 63.4. The first-order chi connectivity index (χ1) is 42.9. The van der Waals surface area contributed by atoms with Gasteiger partial charge in [-0.2, -0.15) is 54.8 Å². The van der Waals surface area contributed by atoms with Crippen LogP contribution in [0.25, 0.3) is 67.3 Å². The molecule has 3 amide bonds. The van der Waals surface area contributed by atoms with E-state index in [1.165, 1.54) is 41.7 Å². The summed E-state index contributed by atoms with van der Waals surface area (Å²) < 4.78 is 123. The van der Waals surface area contributed by atoms with E-state index in [1.807, 2.05) is 16.7 Å². The van der Waals surface area contributed by atoms with Crippen LogP contribution in [0.1, 0.15) is 42.2 Å². The fourth-order valence-corrected chi connectivity index (χ4v) is 10.6. The summed E-state index contributed by atoms with van der Waals surface area (Å²) in [4.78, 5) is 67.7. The lowest BCUT2D eigenvalue weighted by Crippen LogP contribution is -2.56. The second-order valence-electron chi connectivity index (χ2n) is 21.3. The number of anilines is 3. The van der Waals surface area contributed by atoms with Crippen LogP contribution in [0, 0.1) is 0 Å². The largest absolute Gasteiger partial charge is 0.418 e. The summed E-state index contributed by atoms with van der Waals surface area (Å²) in [5, 5.41) is 33.6. The molecule has 33 heteroatoms. The van der Waals surface area contributed by atoms with Gasteiger partial charge in [0.1, 0.15) is 40.6 Å². The SMILES string of the molecule is CCNC(=O)CC1CN(c2ccc(C(F)(F)F)c(-c3[nH]nc4ncccc34)n2)CCN1.CN(C)C(=O)CC1CN(c2ccc(C(F)(F)F)c(-c3[nH]nc4ncccc34)n2)CCN1.NC(=O)C1CN(c2ccc(C(F)(F)F)c(-c3[nH]nc4ncccc34)n2)CCN1.[HH].[HH].[HH].[HH]. The van der Waals surface area contributed by atoms with Gasteiger partial charge in [-0.05, 0) is 79.7 Å². The van der Waals surface area contributed by atoms with Gasteiger partial charge in [0.05, 0.1) is 33.8 Å². The van der Waals surface area contributed by atoms with Gasteiger partial charge in [0.15, 0.2) is 16.9 Å². The molecule has 12 rings (SSSR count). The fraction of sp³-hybridized carbons (Fsp3) is 0.368. The van der Waals surface area contributed by atoms with Gasteiger partial charge in [-0.3, -0.25) is 29.7 Å². The van der Waals surface area contributed by atoms with E-state index < -0.39 is 47.2 Å². The lowest BCUT2D eigenvalue weighted by Gasteiger charge is -2.35. The summed E-state index contributed by atoms with van der Waals surface area (Å²) in [6.07, 6.45) is -8.61. The maximum Gasteiger partial charge on any atom is 0.418 e. The van der Waals surface area contributed by atoms with Gasteiger partial charge in [-0.25, -0.2) is 29.9 Å². The predicted molar refractivity (Wildman–Crippen MR) is 323 cm³/mol. The van der Waals surface area contributed by atoms with Gasteiger partial charge >= 0.3 is 18.5 Å². The maximum absolute atomic E-state index is 13.7. The van der Waals surface area contributed by atoms with Crippen molar-refractivity contribution in [1.29, 1.82) is 0 Å². The van der Waals surface area contributed by atoms with E-state index in [4.69, 9.17) is 5.73 Å². The summed E-state index contributed by atoms with van der Waals surface area (Å²) in [7, 11) is 3.38. The molecule has 3 aliphatic rings. The van der Waals surface area contributed by atoms with Crippen molar-refractivity contribution in [2.45, 2.75) is 56.4 Å². The maximum atomic E-state index is 13.7. The van der Waals surface area contributed by atoms with Crippen LogP contribution in [-0.2, 0) is 32.9 Å². The molecule has 3 aliphatic heterocycles. The second-order valence-corrected chi connectivity index (χ2v) is 21.3. The molecule has 9 N–H and O–H groups in total. The number of carbonyl (C=O) groups is 3. The molecule has 3 fully saturated rings. The van der Waals surface area contributed by atoms with Gasteiger partial charge in [0.25, 0.3) is 0 Å². The molecule has 0 saturated carbocycles. The molecule has 90 heavy (non-hydrogen) atoms. The number of halogens is 9. The van der Waals surface area contributed by atoms with Gasteiger partial charge < -0.3 is 46.6 Å². The Morgan fingerprint density at radius 2 is 0.922 bits per heavy atom. The minimum atomic E-state index is -4.60. The number of piperazine rings is 3. The summed E-state index contributed by atoms with van der Waals surface area (Å²) in [5.41, 5.74) is 3.48. The number of aromatic nitrogens is 12. The van der Waals surface area contributed by atoms with Crippen molar-refractivity contribution in [1.82, 2.24) is 86.7 Å².